The maximum atomic E-state index is 13.1. The lowest BCUT2D eigenvalue weighted by atomic mass is 9.84. The number of hydrogen-bond acceptors (Lipinski definition) is 2. The molecule has 2 N–H and O–H groups in total. The highest BCUT2D eigenvalue weighted by Gasteiger charge is 2.27. The van der Waals surface area contributed by atoms with Gasteiger partial charge in [-0.25, -0.2) is 8.78 Å². The van der Waals surface area contributed by atoms with Gasteiger partial charge < -0.3 is 5.73 Å². The minimum absolute atomic E-state index is 0.259. The predicted molar refractivity (Wildman–Crippen MR) is 75.2 cm³/mol. The number of hydrogen-bond donors (Lipinski definition) is 1. The Bertz CT molecular complexity index is 596. The lowest BCUT2D eigenvalue weighted by Crippen LogP contribution is -2.39. The highest BCUT2D eigenvalue weighted by atomic mass is 19.1. The van der Waals surface area contributed by atoms with Crippen molar-refractivity contribution in [2.24, 2.45) is 5.73 Å². The number of nitrogens with zero attached hydrogens (tertiary/aromatic N) is 1. The van der Waals surface area contributed by atoms with Crippen molar-refractivity contribution in [2.45, 2.75) is 32.2 Å². The molecule has 1 unspecified atom stereocenters. The van der Waals surface area contributed by atoms with Gasteiger partial charge in [-0.1, -0.05) is 13.0 Å². The summed E-state index contributed by atoms with van der Waals surface area (Å²) in [4.78, 5) is 4.09. The molecule has 1 aromatic carbocycles. The van der Waals surface area contributed by atoms with Gasteiger partial charge in [-0.05, 0) is 55.2 Å². The molecule has 106 valence electrons. The molecule has 0 amide bonds. The van der Waals surface area contributed by atoms with E-state index in [2.05, 4.69) is 4.98 Å². The Morgan fingerprint density at radius 2 is 1.85 bits per heavy atom. The van der Waals surface area contributed by atoms with Crippen molar-refractivity contribution >= 4 is 0 Å². The van der Waals surface area contributed by atoms with Crippen LogP contribution in [0.3, 0.4) is 0 Å². The largest absolute Gasteiger partial charge is 0.320 e. The van der Waals surface area contributed by atoms with E-state index < -0.39 is 5.54 Å². The number of pyridine rings is 1. The van der Waals surface area contributed by atoms with Crippen LogP contribution in [0.25, 0.3) is 0 Å². The minimum atomic E-state index is -0.684. The first-order chi connectivity index (χ1) is 9.44. The minimum Gasteiger partial charge on any atom is -0.320 e. The molecule has 0 spiro atoms. The van der Waals surface area contributed by atoms with Crippen LogP contribution in [-0.2, 0) is 12.0 Å². The molecule has 1 heterocycles. The summed E-state index contributed by atoms with van der Waals surface area (Å²) in [5.74, 6) is -0.643. The molecular weight excluding hydrogens is 258 g/mol. The van der Waals surface area contributed by atoms with E-state index in [0.29, 0.717) is 18.5 Å². The topological polar surface area (TPSA) is 38.9 Å². The Morgan fingerprint density at radius 1 is 1.15 bits per heavy atom. The van der Waals surface area contributed by atoms with E-state index in [1.807, 2.05) is 13.8 Å². The third-order valence-electron chi connectivity index (χ3n) is 3.68. The van der Waals surface area contributed by atoms with Gasteiger partial charge in [-0.2, -0.15) is 0 Å². The number of halogens is 2. The summed E-state index contributed by atoms with van der Waals surface area (Å²) < 4.78 is 26.1. The van der Waals surface area contributed by atoms with E-state index in [1.54, 1.807) is 12.1 Å². The number of rotatable bonds is 4. The van der Waals surface area contributed by atoms with Crippen LogP contribution in [-0.4, -0.2) is 4.98 Å². The third-order valence-corrected chi connectivity index (χ3v) is 3.68. The molecule has 0 radical (unpaired) electrons. The molecule has 0 saturated heterocycles. The number of nitrogens with two attached hydrogens (primary N) is 1. The quantitative estimate of drug-likeness (QED) is 0.928. The summed E-state index contributed by atoms with van der Waals surface area (Å²) >= 11 is 0. The number of aryl methyl sites for hydroxylation is 1. The predicted octanol–water partition coefficient (Wildman–Crippen LogP) is 3.47. The smallest absolute Gasteiger partial charge is 0.141 e. The van der Waals surface area contributed by atoms with Crippen LogP contribution < -0.4 is 5.73 Å². The van der Waals surface area contributed by atoms with Crippen molar-refractivity contribution < 1.29 is 8.78 Å². The molecular formula is C16H18F2N2. The zero-order valence-electron chi connectivity index (χ0n) is 11.7. The van der Waals surface area contributed by atoms with Crippen molar-refractivity contribution in [2.75, 3.05) is 0 Å². The Hall–Kier alpha value is -1.81. The van der Waals surface area contributed by atoms with Gasteiger partial charge in [0.15, 0.2) is 0 Å². The second-order valence-corrected chi connectivity index (χ2v) is 5.12. The van der Waals surface area contributed by atoms with Gasteiger partial charge in [0.05, 0.1) is 17.4 Å². The van der Waals surface area contributed by atoms with Gasteiger partial charge >= 0.3 is 0 Å². The van der Waals surface area contributed by atoms with Crippen LogP contribution in [0.5, 0.6) is 0 Å². The van der Waals surface area contributed by atoms with E-state index in [4.69, 9.17) is 5.73 Å². The lowest BCUT2D eigenvalue weighted by molar-refractivity contribution is 0.409. The standard InChI is InChI=1S/C16H18F2N2/c1-3-16(19,15-7-6-14(18)10-20-15)9-12-4-5-13(17)8-11(12)2/h4-8,10H,3,9,19H2,1-2H3. The molecule has 1 aromatic heterocycles. The molecule has 1 atom stereocenters. The Morgan fingerprint density at radius 3 is 2.40 bits per heavy atom. The summed E-state index contributed by atoms with van der Waals surface area (Å²) in [6.45, 7) is 3.82. The van der Waals surface area contributed by atoms with Gasteiger partial charge in [0.2, 0.25) is 0 Å². The second-order valence-electron chi connectivity index (χ2n) is 5.12. The first-order valence-corrected chi connectivity index (χ1v) is 6.60. The van der Waals surface area contributed by atoms with E-state index in [0.717, 1.165) is 11.1 Å². The molecule has 4 heteroatoms. The van der Waals surface area contributed by atoms with E-state index in [-0.39, 0.29) is 11.6 Å². The van der Waals surface area contributed by atoms with E-state index in [1.165, 1.54) is 24.4 Å². The summed E-state index contributed by atoms with van der Waals surface area (Å²) in [5.41, 5.74) is 8.22. The molecule has 2 aromatic rings. The Kier molecular flexibility index (Phi) is 4.14. The maximum absolute atomic E-state index is 13.1. The number of aromatic nitrogens is 1. The van der Waals surface area contributed by atoms with Gasteiger partial charge in [0.25, 0.3) is 0 Å². The van der Waals surface area contributed by atoms with Gasteiger partial charge in [-0.15, -0.1) is 0 Å². The fourth-order valence-electron chi connectivity index (χ4n) is 2.26. The fraction of sp³-hybridized carbons (Fsp3) is 0.312. The van der Waals surface area contributed by atoms with Crippen molar-refractivity contribution in [3.05, 3.63) is 65.0 Å². The molecule has 2 nitrogen and oxygen atoms in total. The Balaban J connectivity index is 2.33. The number of benzene rings is 1. The maximum Gasteiger partial charge on any atom is 0.141 e. The van der Waals surface area contributed by atoms with Crippen molar-refractivity contribution in [1.29, 1.82) is 0 Å². The summed E-state index contributed by atoms with van der Waals surface area (Å²) in [7, 11) is 0. The first-order valence-electron chi connectivity index (χ1n) is 6.60. The van der Waals surface area contributed by atoms with E-state index in [9.17, 15) is 8.78 Å². The fourth-order valence-corrected chi connectivity index (χ4v) is 2.26. The molecule has 0 aliphatic carbocycles. The average molecular weight is 276 g/mol. The second kappa shape index (κ2) is 5.67. The van der Waals surface area contributed by atoms with Crippen LogP contribution in [0.4, 0.5) is 8.78 Å². The van der Waals surface area contributed by atoms with E-state index >= 15 is 0 Å². The average Bonchev–Trinajstić information content (AvgIpc) is 2.42. The summed E-state index contributed by atoms with van der Waals surface area (Å²) in [6, 6.07) is 7.63. The molecule has 0 fully saturated rings. The van der Waals surface area contributed by atoms with Crippen LogP contribution in [0.15, 0.2) is 36.5 Å². The van der Waals surface area contributed by atoms with Crippen LogP contribution in [0.2, 0.25) is 0 Å². The Labute approximate surface area is 117 Å². The first kappa shape index (κ1) is 14.6. The normalized spacial score (nSPS) is 14.1. The van der Waals surface area contributed by atoms with Gasteiger partial charge in [0, 0.05) is 0 Å². The third kappa shape index (κ3) is 3.02. The SMILES string of the molecule is CCC(N)(Cc1ccc(F)cc1C)c1ccc(F)cn1. The van der Waals surface area contributed by atoms with Crippen molar-refractivity contribution in [3.8, 4) is 0 Å². The highest BCUT2D eigenvalue weighted by Crippen LogP contribution is 2.26. The lowest BCUT2D eigenvalue weighted by Gasteiger charge is -2.28. The molecule has 0 aliphatic rings. The highest BCUT2D eigenvalue weighted by molar-refractivity contribution is 5.30. The van der Waals surface area contributed by atoms with Crippen molar-refractivity contribution in [1.82, 2.24) is 4.98 Å². The molecule has 0 bridgehead atoms. The van der Waals surface area contributed by atoms with Gasteiger partial charge in [-0.3, -0.25) is 4.98 Å². The summed E-state index contributed by atoms with van der Waals surface area (Å²) in [6.07, 6.45) is 2.36. The molecule has 0 aliphatic heterocycles. The van der Waals surface area contributed by atoms with Crippen LogP contribution in [0.1, 0.15) is 30.2 Å². The van der Waals surface area contributed by atoms with Gasteiger partial charge in [0.1, 0.15) is 11.6 Å². The summed E-state index contributed by atoms with van der Waals surface area (Å²) in [5, 5.41) is 0. The molecule has 0 saturated carbocycles. The zero-order chi connectivity index (χ0) is 14.8. The monoisotopic (exact) mass is 276 g/mol. The van der Waals surface area contributed by atoms with Crippen LogP contribution >= 0.6 is 0 Å². The zero-order valence-corrected chi connectivity index (χ0v) is 11.7. The molecule has 2 rings (SSSR count). The van der Waals surface area contributed by atoms with Crippen molar-refractivity contribution in [3.63, 3.8) is 0 Å². The van der Waals surface area contributed by atoms with Crippen LogP contribution in [0, 0.1) is 18.6 Å². The molecule has 20 heavy (non-hydrogen) atoms.